The number of nitrogens with zero attached hydrogens (tertiary/aromatic N) is 4. The van der Waals surface area contributed by atoms with Crippen LogP contribution in [0.3, 0.4) is 0 Å². The molecular weight excluding hydrogens is 438 g/mol. The second kappa shape index (κ2) is 11.0. The molecule has 33 heavy (non-hydrogen) atoms. The summed E-state index contributed by atoms with van der Waals surface area (Å²) >= 11 is 6.20. The van der Waals surface area contributed by atoms with Gasteiger partial charge in [0.05, 0.1) is 13.1 Å². The molecule has 0 aliphatic carbocycles. The van der Waals surface area contributed by atoms with Crippen molar-refractivity contribution in [2.75, 3.05) is 51.2 Å². The van der Waals surface area contributed by atoms with Crippen LogP contribution in [0.25, 0.3) is 0 Å². The van der Waals surface area contributed by atoms with Crippen molar-refractivity contribution in [2.45, 2.75) is 25.9 Å². The van der Waals surface area contributed by atoms with Crippen LogP contribution in [0.1, 0.15) is 24.0 Å². The van der Waals surface area contributed by atoms with Gasteiger partial charge in [0.2, 0.25) is 5.91 Å². The Kier molecular flexibility index (Phi) is 7.85. The van der Waals surface area contributed by atoms with E-state index in [0.29, 0.717) is 24.7 Å². The Balaban J connectivity index is 1.37. The Labute approximate surface area is 200 Å². The topological polar surface area (TPSA) is 59.1 Å². The minimum Gasteiger partial charge on any atom is -0.353 e. The number of fused-ring (bicyclic) bond motifs is 1. The van der Waals surface area contributed by atoms with Crippen LogP contribution in [-0.2, 0) is 22.7 Å². The van der Waals surface area contributed by atoms with Crippen LogP contribution in [-0.4, -0.2) is 73.0 Å². The first-order chi connectivity index (χ1) is 16.0. The van der Waals surface area contributed by atoms with Crippen molar-refractivity contribution in [1.29, 1.82) is 0 Å². The lowest BCUT2D eigenvalue weighted by atomic mass is 10.1. The Hall–Kier alpha value is -2.61. The molecule has 1 N–H and O–H groups in total. The molecule has 2 aliphatic rings. The number of likely N-dealkylation sites (tertiary alicyclic amines) is 1. The fourth-order valence-electron chi connectivity index (χ4n) is 4.45. The summed E-state index contributed by atoms with van der Waals surface area (Å²) in [5.74, 6) is -0.175. The number of carbonyl (C=O) groups excluding carboxylic acids is 2. The maximum atomic E-state index is 13.2. The van der Waals surface area contributed by atoms with Gasteiger partial charge in [-0.1, -0.05) is 41.9 Å². The van der Waals surface area contributed by atoms with Gasteiger partial charge in [-0.05, 0) is 55.3 Å². The van der Waals surface area contributed by atoms with Crippen molar-refractivity contribution < 1.29 is 9.59 Å². The van der Waals surface area contributed by atoms with Crippen molar-refractivity contribution >= 4 is 29.1 Å². The molecular formula is C25H32ClN5O2. The number of hydrogen-bond donors (Lipinski definition) is 1. The third-order valence-corrected chi connectivity index (χ3v) is 6.63. The Bertz CT molecular complexity index is 954. The second-order valence-corrected chi connectivity index (χ2v) is 9.18. The number of amides is 2. The highest BCUT2D eigenvalue weighted by Gasteiger charge is 2.26. The smallest absolute Gasteiger partial charge is 0.256 e. The van der Waals surface area contributed by atoms with E-state index in [4.69, 9.17) is 11.6 Å². The fourth-order valence-corrected chi connectivity index (χ4v) is 4.64. The lowest BCUT2D eigenvalue weighted by Crippen LogP contribution is -2.48. The maximum Gasteiger partial charge on any atom is 0.256 e. The molecule has 2 aromatic carbocycles. The highest BCUT2D eigenvalue weighted by molar-refractivity contribution is 6.30. The number of anilines is 1. The van der Waals surface area contributed by atoms with Gasteiger partial charge in [0.25, 0.3) is 5.91 Å². The molecule has 0 aromatic heterocycles. The molecule has 1 fully saturated rings. The Morgan fingerprint density at radius 3 is 2.36 bits per heavy atom. The highest BCUT2D eigenvalue weighted by atomic mass is 35.5. The van der Waals surface area contributed by atoms with Crippen LogP contribution in [0.2, 0.25) is 5.02 Å². The number of hydrogen-bond acceptors (Lipinski definition) is 5. The van der Waals surface area contributed by atoms with Gasteiger partial charge in [0.1, 0.15) is 0 Å². The van der Waals surface area contributed by atoms with Crippen LogP contribution in [0.5, 0.6) is 0 Å². The standard InChI is InChI=1S/C25H32ClN5O2/c1-28(31-16-20-7-2-3-8-21(20)17-31)25(33)19-30(23-10-6-9-22(26)15-23)18-24(32)27-11-14-29-12-4-5-13-29/h2-3,6-10,15H,4-5,11-14,16-19H2,1H3,(H,27,32). The van der Waals surface area contributed by atoms with Crippen LogP contribution in [0, 0.1) is 0 Å². The average Bonchev–Trinajstić information content (AvgIpc) is 3.48. The first kappa shape index (κ1) is 23.5. The van der Waals surface area contributed by atoms with Gasteiger partial charge in [-0.3, -0.25) is 14.6 Å². The monoisotopic (exact) mass is 469 g/mol. The van der Waals surface area contributed by atoms with Crippen molar-refractivity contribution in [3.63, 3.8) is 0 Å². The minimum atomic E-state index is -0.0989. The summed E-state index contributed by atoms with van der Waals surface area (Å²) in [7, 11) is 1.79. The van der Waals surface area contributed by atoms with Crippen LogP contribution in [0.15, 0.2) is 48.5 Å². The predicted octanol–water partition coefficient (Wildman–Crippen LogP) is 2.75. The zero-order valence-electron chi connectivity index (χ0n) is 19.2. The molecule has 176 valence electrons. The van der Waals surface area contributed by atoms with Crippen molar-refractivity contribution in [2.24, 2.45) is 0 Å². The number of hydrazine groups is 1. The quantitative estimate of drug-likeness (QED) is 0.612. The van der Waals surface area contributed by atoms with Gasteiger partial charge >= 0.3 is 0 Å². The molecule has 7 nitrogen and oxygen atoms in total. The molecule has 4 rings (SSSR count). The summed E-state index contributed by atoms with van der Waals surface area (Å²) in [5, 5.41) is 7.27. The molecule has 0 bridgehead atoms. The van der Waals surface area contributed by atoms with Crippen LogP contribution >= 0.6 is 11.6 Å². The number of carbonyl (C=O) groups is 2. The van der Waals surface area contributed by atoms with Crippen LogP contribution < -0.4 is 10.2 Å². The summed E-state index contributed by atoms with van der Waals surface area (Å²) in [4.78, 5) is 30.0. The summed E-state index contributed by atoms with van der Waals surface area (Å²) in [5.41, 5.74) is 3.23. The largest absolute Gasteiger partial charge is 0.353 e. The lowest BCUT2D eigenvalue weighted by Gasteiger charge is -2.31. The Morgan fingerprint density at radius 2 is 1.70 bits per heavy atom. The normalized spacial score (nSPS) is 15.9. The van der Waals surface area contributed by atoms with Gasteiger partial charge in [-0.25, -0.2) is 5.01 Å². The van der Waals surface area contributed by atoms with E-state index in [9.17, 15) is 9.59 Å². The third kappa shape index (κ3) is 6.25. The highest BCUT2D eigenvalue weighted by Crippen LogP contribution is 2.24. The molecule has 2 amide bonds. The molecule has 0 unspecified atom stereocenters. The molecule has 0 radical (unpaired) electrons. The summed E-state index contributed by atoms with van der Waals surface area (Å²) in [6.07, 6.45) is 2.46. The molecule has 8 heteroatoms. The van der Waals surface area contributed by atoms with E-state index < -0.39 is 0 Å². The molecule has 0 spiro atoms. The average molecular weight is 470 g/mol. The number of likely N-dealkylation sites (N-methyl/N-ethyl adjacent to an activating group) is 1. The molecule has 2 aliphatic heterocycles. The van der Waals surface area contributed by atoms with E-state index in [-0.39, 0.29) is 24.9 Å². The van der Waals surface area contributed by atoms with Crippen molar-refractivity contribution in [3.05, 3.63) is 64.7 Å². The van der Waals surface area contributed by atoms with Crippen molar-refractivity contribution in [3.8, 4) is 0 Å². The van der Waals surface area contributed by atoms with Gasteiger partial charge in [-0.15, -0.1) is 0 Å². The number of rotatable bonds is 9. The summed E-state index contributed by atoms with van der Waals surface area (Å²) in [6.45, 7) is 5.27. The van der Waals surface area contributed by atoms with E-state index in [1.807, 2.05) is 29.3 Å². The van der Waals surface area contributed by atoms with Crippen molar-refractivity contribution in [1.82, 2.24) is 20.2 Å². The number of benzene rings is 2. The number of halogens is 1. The zero-order valence-corrected chi connectivity index (χ0v) is 19.9. The van der Waals surface area contributed by atoms with Gasteiger partial charge < -0.3 is 15.1 Å². The molecule has 2 heterocycles. The fraction of sp³-hybridized carbons (Fsp3) is 0.440. The first-order valence-electron chi connectivity index (χ1n) is 11.6. The summed E-state index contributed by atoms with van der Waals surface area (Å²) < 4.78 is 0. The Morgan fingerprint density at radius 1 is 1.00 bits per heavy atom. The van der Waals surface area contributed by atoms with E-state index in [1.54, 1.807) is 29.1 Å². The molecule has 2 aromatic rings. The first-order valence-corrected chi connectivity index (χ1v) is 11.9. The molecule has 1 saturated heterocycles. The van der Waals surface area contributed by atoms with E-state index >= 15 is 0 Å². The zero-order chi connectivity index (χ0) is 23.2. The van der Waals surface area contributed by atoms with E-state index in [0.717, 1.165) is 25.3 Å². The second-order valence-electron chi connectivity index (χ2n) is 8.74. The van der Waals surface area contributed by atoms with Gasteiger partial charge in [0, 0.05) is 43.9 Å². The predicted molar refractivity (Wildman–Crippen MR) is 131 cm³/mol. The van der Waals surface area contributed by atoms with Crippen LogP contribution in [0.4, 0.5) is 5.69 Å². The maximum absolute atomic E-state index is 13.2. The third-order valence-electron chi connectivity index (χ3n) is 6.39. The van der Waals surface area contributed by atoms with Gasteiger partial charge in [0.15, 0.2) is 0 Å². The SMILES string of the molecule is CN(C(=O)CN(CC(=O)NCCN1CCCC1)c1cccc(Cl)c1)N1Cc2ccccc2C1. The lowest BCUT2D eigenvalue weighted by molar-refractivity contribution is -0.145. The molecule has 0 atom stereocenters. The molecule has 0 saturated carbocycles. The van der Waals surface area contributed by atoms with E-state index in [2.05, 4.69) is 22.3 Å². The number of nitrogens with one attached hydrogen (secondary N) is 1. The minimum absolute atomic E-state index is 0.0763. The van der Waals surface area contributed by atoms with E-state index in [1.165, 1.54) is 24.0 Å². The van der Waals surface area contributed by atoms with Gasteiger partial charge in [-0.2, -0.15) is 0 Å². The summed E-state index contributed by atoms with van der Waals surface area (Å²) in [6, 6.07) is 15.5.